The Morgan fingerprint density at radius 1 is 1.13 bits per heavy atom. The van der Waals surface area contributed by atoms with Gasteiger partial charge in [-0.1, -0.05) is 35.2 Å². The Balaban J connectivity index is 1.38. The van der Waals surface area contributed by atoms with Gasteiger partial charge in [0, 0.05) is 23.9 Å². The Bertz CT molecular complexity index is 1150. The van der Waals surface area contributed by atoms with E-state index in [0.29, 0.717) is 18.5 Å². The molecule has 1 N–H and O–H groups in total. The highest BCUT2D eigenvalue weighted by atomic mass is 32.2. The molecule has 4 rings (SSSR count). The number of amides is 1. The molecular weight excluding hydrogens is 459 g/mol. The van der Waals surface area contributed by atoms with Crippen LogP contribution in [0.5, 0.6) is 0 Å². The van der Waals surface area contributed by atoms with E-state index >= 15 is 0 Å². The Hall–Kier alpha value is -2.34. The van der Waals surface area contributed by atoms with Gasteiger partial charge >= 0.3 is 0 Å². The molecule has 0 aliphatic carbocycles. The standard InChI is InChI=1S/C20H19FN4O3S3/c21-15-5-7-16(8-6-15)31(27,28)25-11-9-14(10-12-25)19(26)23-17-3-1-2-4-18(17)30-20-24-22-13-29-20/h1-8,13-14H,9-12H2,(H,23,26). The fourth-order valence-electron chi connectivity index (χ4n) is 3.31. The first-order chi connectivity index (χ1) is 14.9. The molecule has 0 saturated carbocycles. The molecule has 2 heterocycles. The minimum absolute atomic E-state index is 0.0550. The van der Waals surface area contributed by atoms with Gasteiger partial charge in [-0.2, -0.15) is 4.31 Å². The maximum absolute atomic E-state index is 13.1. The maximum Gasteiger partial charge on any atom is 0.243 e. The number of aromatic nitrogens is 2. The number of hydrogen-bond donors (Lipinski definition) is 1. The molecule has 0 spiro atoms. The molecule has 3 aromatic rings. The van der Waals surface area contributed by atoms with Gasteiger partial charge in [0.05, 0.1) is 10.6 Å². The monoisotopic (exact) mass is 478 g/mol. The molecule has 1 aliphatic heterocycles. The third-order valence-corrected chi connectivity index (χ3v) is 8.73. The zero-order valence-corrected chi connectivity index (χ0v) is 18.7. The van der Waals surface area contributed by atoms with Crippen LogP contribution in [0.3, 0.4) is 0 Å². The molecule has 2 aromatic carbocycles. The van der Waals surface area contributed by atoms with Gasteiger partial charge in [-0.15, -0.1) is 10.2 Å². The van der Waals surface area contributed by atoms with Gasteiger partial charge in [0.15, 0.2) is 4.34 Å². The smallest absolute Gasteiger partial charge is 0.243 e. The highest BCUT2D eigenvalue weighted by Crippen LogP contribution is 2.34. The van der Waals surface area contributed by atoms with Crippen LogP contribution < -0.4 is 5.32 Å². The van der Waals surface area contributed by atoms with Crippen LogP contribution >= 0.6 is 23.1 Å². The number of rotatable bonds is 6. The van der Waals surface area contributed by atoms with E-state index in [1.807, 2.05) is 24.3 Å². The molecule has 1 amide bonds. The zero-order valence-electron chi connectivity index (χ0n) is 16.3. The van der Waals surface area contributed by atoms with Crippen LogP contribution in [0.2, 0.25) is 0 Å². The lowest BCUT2D eigenvalue weighted by molar-refractivity contribution is -0.120. The van der Waals surface area contributed by atoms with Gasteiger partial charge < -0.3 is 5.32 Å². The summed E-state index contributed by atoms with van der Waals surface area (Å²) < 4.78 is 40.7. The summed E-state index contributed by atoms with van der Waals surface area (Å²) in [5.74, 6) is -0.915. The van der Waals surface area contributed by atoms with Crippen molar-refractivity contribution in [3.8, 4) is 0 Å². The van der Waals surface area contributed by atoms with E-state index in [9.17, 15) is 17.6 Å². The topological polar surface area (TPSA) is 92.3 Å². The van der Waals surface area contributed by atoms with E-state index in [-0.39, 0.29) is 29.8 Å². The van der Waals surface area contributed by atoms with E-state index in [1.165, 1.54) is 39.5 Å². The highest BCUT2D eigenvalue weighted by Gasteiger charge is 2.32. The summed E-state index contributed by atoms with van der Waals surface area (Å²) in [7, 11) is -3.70. The number of carbonyl (C=O) groups excluding carboxylic acids is 1. The second-order valence-electron chi connectivity index (χ2n) is 6.92. The van der Waals surface area contributed by atoms with Crippen LogP contribution in [0.15, 0.2) is 68.2 Å². The molecule has 1 aromatic heterocycles. The van der Waals surface area contributed by atoms with E-state index in [0.717, 1.165) is 21.4 Å². The first-order valence-electron chi connectivity index (χ1n) is 9.53. The van der Waals surface area contributed by atoms with Crippen LogP contribution in [0.25, 0.3) is 0 Å². The van der Waals surface area contributed by atoms with Crippen LogP contribution in [0, 0.1) is 11.7 Å². The first kappa shape index (κ1) is 21.9. The summed E-state index contributed by atoms with van der Waals surface area (Å²) >= 11 is 2.85. The summed E-state index contributed by atoms with van der Waals surface area (Å²) in [6.45, 7) is 0.470. The van der Waals surface area contributed by atoms with Crippen molar-refractivity contribution >= 4 is 44.7 Å². The number of benzene rings is 2. The van der Waals surface area contributed by atoms with Crippen molar-refractivity contribution in [2.24, 2.45) is 5.92 Å². The fraction of sp³-hybridized carbons (Fsp3) is 0.250. The summed E-state index contributed by atoms with van der Waals surface area (Å²) in [5, 5.41) is 10.8. The predicted molar refractivity (Wildman–Crippen MR) is 117 cm³/mol. The number of anilines is 1. The molecule has 0 unspecified atom stereocenters. The Kier molecular flexibility index (Phi) is 6.65. The van der Waals surface area contributed by atoms with E-state index < -0.39 is 15.8 Å². The average molecular weight is 479 g/mol. The molecule has 1 aliphatic rings. The second kappa shape index (κ2) is 9.43. The van der Waals surface area contributed by atoms with Gasteiger partial charge in [0.2, 0.25) is 15.9 Å². The lowest BCUT2D eigenvalue weighted by atomic mass is 9.97. The van der Waals surface area contributed by atoms with Crippen molar-refractivity contribution in [3.63, 3.8) is 0 Å². The fourth-order valence-corrected chi connectivity index (χ4v) is 6.30. The number of carbonyl (C=O) groups is 1. The normalized spacial score (nSPS) is 15.6. The molecule has 1 saturated heterocycles. The van der Waals surface area contributed by atoms with Crippen molar-refractivity contribution in [2.75, 3.05) is 18.4 Å². The lowest BCUT2D eigenvalue weighted by Crippen LogP contribution is -2.41. The molecule has 0 radical (unpaired) electrons. The Morgan fingerprint density at radius 3 is 2.52 bits per heavy atom. The van der Waals surface area contributed by atoms with Crippen molar-refractivity contribution in [1.29, 1.82) is 0 Å². The van der Waals surface area contributed by atoms with Crippen molar-refractivity contribution < 1.29 is 17.6 Å². The minimum atomic E-state index is -3.70. The minimum Gasteiger partial charge on any atom is -0.325 e. The predicted octanol–water partition coefficient (Wildman–Crippen LogP) is 3.87. The third kappa shape index (κ3) is 5.12. The van der Waals surface area contributed by atoms with Crippen LogP contribution in [0.4, 0.5) is 10.1 Å². The lowest BCUT2D eigenvalue weighted by Gasteiger charge is -2.30. The molecule has 7 nitrogen and oxygen atoms in total. The maximum atomic E-state index is 13.1. The number of nitrogens with one attached hydrogen (secondary N) is 1. The van der Waals surface area contributed by atoms with Gasteiger partial charge in [-0.05, 0) is 49.2 Å². The van der Waals surface area contributed by atoms with Gasteiger partial charge in [-0.25, -0.2) is 12.8 Å². The summed E-state index contributed by atoms with van der Waals surface area (Å²) in [6.07, 6.45) is 0.829. The van der Waals surface area contributed by atoms with Crippen molar-refractivity contribution in [1.82, 2.24) is 14.5 Å². The van der Waals surface area contributed by atoms with Crippen molar-refractivity contribution in [2.45, 2.75) is 27.0 Å². The van der Waals surface area contributed by atoms with E-state index in [4.69, 9.17) is 0 Å². The van der Waals surface area contributed by atoms with Gasteiger partial charge in [0.1, 0.15) is 11.3 Å². The second-order valence-corrected chi connectivity index (χ2v) is 11.0. The summed E-state index contributed by atoms with van der Waals surface area (Å²) in [6, 6.07) is 12.2. The summed E-state index contributed by atoms with van der Waals surface area (Å²) in [4.78, 5) is 13.8. The number of sulfonamides is 1. The SMILES string of the molecule is O=C(Nc1ccccc1Sc1nncs1)C1CCN(S(=O)(=O)c2ccc(F)cc2)CC1. The number of hydrogen-bond acceptors (Lipinski definition) is 7. The number of para-hydroxylation sites is 1. The molecule has 0 atom stereocenters. The Morgan fingerprint density at radius 2 is 1.84 bits per heavy atom. The van der Waals surface area contributed by atoms with Crippen LogP contribution in [-0.2, 0) is 14.8 Å². The van der Waals surface area contributed by atoms with Crippen LogP contribution in [0.1, 0.15) is 12.8 Å². The van der Waals surface area contributed by atoms with Crippen LogP contribution in [-0.4, -0.2) is 41.9 Å². The van der Waals surface area contributed by atoms with E-state index in [2.05, 4.69) is 15.5 Å². The molecular formula is C20H19FN4O3S3. The number of piperidine rings is 1. The molecule has 31 heavy (non-hydrogen) atoms. The van der Waals surface area contributed by atoms with E-state index in [1.54, 1.807) is 5.51 Å². The third-order valence-electron chi connectivity index (χ3n) is 4.96. The zero-order chi connectivity index (χ0) is 21.8. The number of halogens is 1. The quantitative estimate of drug-likeness (QED) is 0.578. The van der Waals surface area contributed by atoms with Gasteiger partial charge in [-0.3, -0.25) is 4.79 Å². The molecule has 11 heteroatoms. The first-order valence-corrected chi connectivity index (χ1v) is 12.7. The summed E-state index contributed by atoms with van der Waals surface area (Å²) in [5.41, 5.74) is 2.34. The molecule has 162 valence electrons. The largest absolute Gasteiger partial charge is 0.325 e. The molecule has 1 fully saturated rings. The van der Waals surface area contributed by atoms with Crippen molar-refractivity contribution in [3.05, 3.63) is 59.9 Å². The Labute approximate surface area is 187 Å². The average Bonchev–Trinajstić information content (AvgIpc) is 3.29. The van der Waals surface area contributed by atoms with Gasteiger partial charge in [0.25, 0.3) is 0 Å². The molecule has 0 bridgehead atoms. The number of nitrogens with zero attached hydrogens (tertiary/aromatic N) is 3. The highest BCUT2D eigenvalue weighted by molar-refractivity contribution is 8.01.